The zero-order valence-corrected chi connectivity index (χ0v) is 27.8. The van der Waals surface area contributed by atoms with Crippen molar-refractivity contribution in [2.45, 2.75) is 84.2 Å². The molecule has 5 heterocycles. The molecule has 3 aromatic heterocycles. The van der Waals surface area contributed by atoms with Crippen molar-refractivity contribution in [2.75, 3.05) is 10.6 Å². The molecule has 0 aliphatic carbocycles. The Morgan fingerprint density at radius 1 is 0.894 bits per heavy atom. The number of hydrogen-bond acceptors (Lipinski definition) is 4. The number of pyridine rings is 1. The number of amides is 3. The molecule has 0 saturated carbocycles. The van der Waals surface area contributed by atoms with Crippen molar-refractivity contribution in [2.24, 2.45) is 5.92 Å². The second-order valence-corrected chi connectivity index (χ2v) is 14.3. The number of carbonyl (C=O) groups excluding carboxylic acids is 2. The molecule has 2 aromatic carbocycles. The first kappa shape index (κ1) is 30.7. The van der Waals surface area contributed by atoms with Crippen LogP contribution < -0.4 is 10.6 Å². The topological polar surface area (TPSA) is 96.6 Å². The van der Waals surface area contributed by atoms with Gasteiger partial charge in [-0.15, -0.1) is 0 Å². The molecule has 9 heteroatoms. The van der Waals surface area contributed by atoms with Crippen LogP contribution in [-0.2, 0) is 11.8 Å². The van der Waals surface area contributed by atoms with E-state index in [1.165, 1.54) is 5.56 Å². The largest absolute Gasteiger partial charge is 0.331 e. The van der Waals surface area contributed by atoms with E-state index in [-0.39, 0.29) is 29.4 Å². The molecule has 7 rings (SSSR count). The standard InChI is InChI=1S/C38H43N7O2/c1-24-9-15-29(16-10-24)45-34(23-32(42-45)38(3,4)5)41-37(47)40-28-13-11-26(12-14-28)20-27-21-30-17-18-31(22-27)44(30)36(46)35-25(2)39-33-8-6-7-19-43(33)35/h6-16,19,23,27,30-31H,17-18,20-22H2,1-5H3,(H2,40,41,47). The van der Waals surface area contributed by atoms with E-state index < -0.39 is 0 Å². The van der Waals surface area contributed by atoms with Gasteiger partial charge < -0.3 is 10.2 Å². The van der Waals surface area contributed by atoms with Crippen LogP contribution in [0.5, 0.6) is 0 Å². The zero-order chi connectivity index (χ0) is 32.9. The molecule has 2 N–H and O–H groups in total. The number of carbonyl (C=O) groups is 2. The van der Waals surface area contributed by atoms with E-state index in [1.807, 2.05) is 85.1 Å². The number of urea groups is 1. The number of imidazole rings is 1. The number of aryl methyl sites for hydroxylation is 2. The highest BCUT2D eigenvalue weighted by Crippen LogP contribution is 2.41. The lowest BCUT2D eigenvalue weighted by Crippen LogP contribution is -2.47. The maximum Gasteiger partial charge on any atom is 0.324 e. The van der Waals surface area contributed by atoms with Crippen LogP contribution in [0.4, 0.5) is 16.3 Å². The summed E-state index contributed by atoms with van der Waals surface area (Å²) in [6, 6.07) is 24.2. The Labute approximate surface area is 276 Å². The summed E-state index contributed by atoms with van der Waals surface area (Å²) in [5, 5.41) is 10.8. The lowest BCUT2D eigenvalue weighted by atomic mass is 9.85. The Hall–Kier alpha value is -4.92. The fourth-order valence-electron chi connectivity index (χ4n) is 7.34. The minimum Gasteiger partial charge on any atom is -0.331 e. The van der Waals surface area contributed by atoms with E-state index in [0.717, 1.165) is 66.1 Å². The summed E-state index contributed by atoms with van der Waals surface area (Å²) in [5.74, 6) is 1.24. The zero-order valence-electron chi connectivity index (χ0n) is 27.8. The van der Waals surface area contributed by atoms with Crippen molar-refractivity contribution < 1.29 is 9.59 Å². The van der Waals surface area contributed by atoms with Crippen LogP contribution in [0.1, 0.15) is 79.5 Å². The molecule has 3 amide bonds. The molecule has 5 aromatic rings. The number of piperidine rings is 1. The molecule has 2 fully saturated rings. The number of nitrogens with one attached hydrogen (secondary N) is 2. The van der Waals surface area contributed by atoms with Gasteiger partial charge in [0.25, 0.3) is 5.91 Å². The molecule has 2 saturated heterocycles. The molecule has 242 valence electrons. The van der Waals surface area contributed by atoms with Gasteiger partial charge in [0.15, 0.2) is 0 Å². The van der Waals surface area contributed by atoms with E-state index in [9.17, 15) is 9.59 Å². The number of rotatable bonds is 6. The average molecular weight is 630 g/mol. The van der Waals surface area contributed by atoms with E-state index in [2.05, 4.69) is 53.4 Å². The summed E-state index contributed by atoms with van der Waals surface area (Å²) in [6.45, 7) is 10.3. The van der Waals surface area contributed by atoms with Crippen LogP contribution in [0.3, 0.4) is 0 Å². The second kappa shape index (κ2) is 12.0. The van der Waals surface area contributed by atoms with E-state index in [1.54, 1.807) is 4.68 Å². The normalized spacial score (nSPS) is 19.3. The number of anilines is 2. The Morgan fingerprint density at radius 2 is 1.60 bits per heavy atom. The van der Waals surface area contributed by atoms with Crippen LogP contribution in [0.2, 0.25) is 0 Å². The molecule has 2 bridgehead atoms. The first-order chi connectivity index (χ1) is 22.5. The number of fused-ring (bicyclic) bond motifs is 3. The highest BCUT2D eigenvalue weighted by molar-refractivity contribution is 5.99. The van der Waals surface area contributed by atoms with Gasteiger partial charge in [0.05, 0.1) is 17.1 Å². The summed E-state index contributed by atoms with van der Waals surface area (Å²) in [4.78, 5) is 33.7. The number of nitrogens with zero attached hydrogens (tertiary/aromatic N) is 5. The molecule has 2 unspecified atom stereocenters. The van der Waals surface area contributed by atoms with Crippen LogP contribution in [0, 0.1) is 19.8 Å². The Bertz CT molecular complexity index is 1920. The molecular formula is C38H43N7O2. The van der Waals surface area contributed by atoms with Crippen LogP contribution >= 0.6 is 0 Å². The van der Waals surface area contributed by atoms with Gasteiger partial charge in [0.1, 0.15) is 17.2 Å². The molecule has 47 heavy (non-hydrogen) atoms. The fourth-order valence-corrected chi connectivity index (χ4v) is 7.34. The number of aromatic nitrogens is 4. The van der Waals surface area contributed by atoms with Crippen molar-refractivity contribution in [3.05, 3.63) is 107 Å². The minimum atomic E-state index is -0.318. The fraction of sp³-hybridized carbons (Fsp3) is 0.368. The number of hydrogen-bond donors (Lipinski definition) is 2. The predicted molar refractivity (Wildman–Crippen MR) is 185 cm³/mol. The Balaban J connectivity index is 0.983. The first-order valence-corrected chi connectivity index (χ1v) is 16.6. The summed E-state index contributed by atoms with van der Waals surface area (Å²) < 4.78 is 3.72. The molecule has 2 atom stereocenters. The van der Waals surface area contributed by atoms with E-state index in [0.29, 0.717) is 17.4 Å². The Morgan fingerprint density at radius 3 is 2.28 bits per heavy atom. The smallest absolute Gasteiger partial charge is 0.324 e. The molecule has 0 radical (unpaired) electrons. The van der Waals surface area contributed by atoms with Gasteiger partial charge in [0, 0.05) is 35.4 Å². The second-order valence-electron chi connectivity index (χ2n) is 14.3. The lowest BCUT2D eigenvalue weighted by molar-refractivity contribution is 0.0516. The quantitative estimate of drug-likeness (QED) is 0.201. The maximum atomic E-state index is 13.8. The third-order valence-corrected chi connectivity index (χ3v) is 9.71. The van der Waals surface area contributed by atoms with E-state index >= 15 is 0 Å². The van der Waals surface area contributed by atoms with Crippen molar-refractivity contribution in [3.8, 4) is 5.69 Å². The third-order valence-electron chi connectivity index (χ3n) is 9.71. The minimum absolute atomic E-state index is 0.109. The van der Waals surface area contributed by atoms with Crippen LogP contribution in [0.15, 0.2) is 79.0 Å². The van der Waals surface area contributed by atoms with Gasteiger partial charge in [-0.05, 0) is 93.8 Å². The Kier molecular flexibility index (Phi) is 7.86. The van der Waals surface area contributed by atoms with Crippen molar-refractivity contribution in [1.29, 1.82) is 0 Å². The van der Waals surface area contributed by atoms with Crippen molar-refractivity contribution in [1.82, 2.24) is 24.1 Å². The molecule has 0 spiro atoms. The summed E-state index contributed by atoms with van der Waals surface area (Å²) in [7, 11) is 0. The SMILES string of the molecule is Cc1ccc(-n2nc(C(C)(C)C)cc2NC(=O)Nc2ccc(CC3CC4CCC(C3)N4C(=O)c3c(C)nc4ccccn34)cc2)cc1. The summed E-state index contributed by atoms with van der Waals surface area (Å²) >= 11 is 0. The highest BCUT2D eigenvalue weighted by atomic mass is 16.2. The van der Waals surface area contributed by atoms with Crippen molar-refractivity contribution in [3.63, 3.8) is 0 Å². The maximum absolute atomic E-state index is 13.8. The lowest BCUT2D eigenvalue weighted by Gasteiger charge is -2.39. The number of benzene rings is 2. The molecule has 2 aliphatic heterocycles. The molecule has 9 nitrogen and oxygen atoms in total. The van der Waals surface area contributed by atoms with Crippen LogP contribution in [0.25, 0.3) is 11.3 Å². The monoisotopic (exact) mass is 629 g/mol. The summed E-state index contributed by atoms with van der Waals surface area (Å²) in [6.07, 6.45) is 7.02. The van der Waals surface area contributed by atoms with Gasteiger partial charge in [-0.2, -0.15) is 5.10 Å². The van der Waals surface area contributed by atoms with Crippen molar-refractivity contribution >= 4 is 29.1 Å². The average Bonchev–Trinajstić information content (AvgIpc) is 3.69. The van der Waals surface area contributed by atoms with Crippen LogP contribution in [-0.4, -0.2) is 48.1 Å². The highest BCUT2D eigenvalue weighted by Gasteiger charge is 2.44. The van der Waals surface area contributed by atoms with Gasteiger partial charge in [-0.25, -0.2) is 14.5 Å². The van der Waals surface area contributed by atoms with Gasteiger partial charge in [-0.1, -0.05) is 56.7 Å². The van der Waals surface area contributed by atoms with Gasteiger partial charge in [0.2, 0.25) is 0 Å². The molecule has 2 aliphatic rings. The van der Waals surface area contributed by atoms with Gasteiger partial charge >= 0.3 is 6.03 Å². The first-order valence-electron chi connectivity index (χ1n) is 16.6. The molecular weight excluding hydrogens is 586 g/mol. The predicted octanol–water partition coefficient (Wildman–Crippen LogP) is 7.70. The van der Waals surface area contributed by atoms with Gasteiger partial charge in [-0.3, -0.25) is 14.5 Å². The summed E-state index contributed by atoms with van der Waals surface area (Å²) in [5.41, 5.74) is 7.04. The van der Waals surface area contributed by atoms with E-state index in [4.69, 9.17) is 5.10 Å². The third kappa shape index (κ3) is 6.14.